The molecule has 0 atom stereocenters. The highest BCUT2D eigenvalue weighted by Crippen LogP contribution is 2.35. The molecule has 0 saturated heterocycles. The molecule has 1 aliphatic heterocycles. The Kier molecular flexibility index (Phi) is 3.94. The van der Waals surface area contributed by atoms with Crippen LogP contribution in [0.5, 0.6) is 0 Å². The average Bonchev–Trinajstić information content (AvgIpc) is 2.47. The summed E-state index contributed by atoms with van der Waals surface area (Å²) in [6.45, 7) is 2.02. The van der Waals surface area contributed by atoms with Crippen molar-refractivity contribution in [2.75, 3.05) is 16.0 Å². The molecule has 1 amide bonds. The summed E-state index contributed by atoms with van der Waals surface area (Å²) in [5.41, 5.74) is 2.89. The summed E-state index contributed by atoms with van der Waals surface area (Å²) in [4.78, 5) is 14.9. The topological polar surface area (TPSA) is 32.3 Å². The molecule has 0 aromatic heterocycles. The van der Waals surface area contributed by atoms with Crippen molar-refractivity contribution in [3.63, 3.8) is 0 Å². The maximum absolute atomic E-state index is 12.2. The summed E-state index contributed by atoms with van der Waals surface area (Å²) in [7, 11) is 0. The predicted octanol–water partition coefficient (Wildman–Crippen LogP) is 3.83. The molecule has 0 bridgehead atoms. The Balaban J connectivity index is 1.89. The lowest BCUT2D eigenvalue weighted by Crippen LogP contribution is -2.43. The number of hydrogen-bond donors (Lipinski definition) is 1. The zero-order valence-electron chi connectivity index (χ0n) is 11.5. The van der Waals surface area contributed by atoms with Crippen LogP contribution in [0.1, 0.15) is 5.56 Å². The van der Waals surface area contributed by atoms with E-state index in [1.54, 1.807) is 16.7 Å². The van der Waals surface area contributed by atoms with Crippen molar-refractivity contribution in [1.82, 2.24) is 0 Å². The summed E-state index contributed by atoms with van der Waals surface area (Å²) in [6.07, 6.45) is 0. The Morgan fingerprint density at radius 2 is 2.05 bits per heavy atom. The Bertz CT molecular complexity index is 715. The van der Waals surface area contributed by atoms with Crippen LogP contribution < -0.4 is 10.2 Å². The van der Waals surface area contributed by atoms with Gasteiger partial charge in [-0.15, -0.1) is 11.8 Å². The van der Waals surface area contributed by atoms with E-state index in [9.17, 15) is 4.79 Å². The molecule has 0 unspecified atom stereocenters. The van der Waals surface area contributed by atoms with Crippen molar-refractivity contribution in [3.05, 3.63) is 54.1 Å². The molecule has 21 heavy (non-hydrogen) atoms. The second kappa shape index (κ2) is 5.87. The van der Waals surface area contributed by atoms with Gasteiger partial charge in [0, 0.05) is 10.6 Å². The van der Waals surface area contributed by atoms with Crippen molar-refractivity contribution in [2.24, 2.45) is 0 Å². The molecular weight excluding hydrogens is 300 g/mol. The van der Waals surface area contributed by atoms with Gasteiger partial charge in [0.25, 0.3) is 0 Å². The molecule has 0 aliphatic carbocycles. The number of thiocarbonyl (C=S) groups is 1. The van der Waals surface area contributed by atoms with Gasteiger partial charge in [-0.3, -0.25) is 9.69 Å². The number of nitrogens with zero attached hydrogens (tertiary/aromatic N) is 1. The van der Waals surface area contributed by atoms with E-state index in [1.807, 2.05) is 55.5 Å². The van der Waals surface area contributed by atoms with Crippen LogP contribution in [-0.4, -0.2) is 16.8 Å². The highest BCUT2D eigenvalue weighted by atomic mass is 32.2. The summed E-state index contributed by atoms with van der Waals surface area (Å²) in [6, 6.07) is 15.7. The number of benzene rings is 2. The Morgan fingerprint density at radius 1 is 1.24 bits per heavy atom. The lowest BCUT2D eigenvalue weighted by Gasteiger charge is -2.29. The summed E-state index contributed by atoms with van der Waals surface area (Å²) >= 11 is 6.99. The first-order valence-electron chi connectivity index (χ1n) is 6.57. The minimum absolute atomic E-state index is 0.00357. The first kappa shape index (κ1) is 14.1. The van der Waals surface area contributed by atoms with Gasteiger partial charge in [-0.2, -0.15) is 0 Å². The smallest absolute Gasteiger partial charge is 0.243 e. The second-order valence-corrected chi connectivity index (χ2v) is 6.19. The highest BCUT2D eigenvalue weighted by molar-refractivity contribution is 8.00. The molecule has 5 heteroatoms. The maximum Gasteiger partial charge on any atom is 0.243 e. The second-order valence-electron chi connectivity index (χ2n) is 4.79. The van der Waals surface area contributed by atoms with E-state index in [0.717, 1.165) is 21.8 Å². The van der Waals surface area contributed by atoms with Gasteiger partial charge in [0.05, 0.1) is 11.4 Å². The molecular formula is C16H14N2OS2. The molecule has 3 nitrogen and oxygen atoms in total. The van der Waals surface area contributed by atoms with Gasteiger partial charge in [0.2, 0.25) is 5.91 Å². The van der Waals surface area contributed by atoms with Crippen LogP contribution in [0.3, 0.4) is 0 Å². The average molecular weight is 314 g/mol. The lowest BCUT2D eigenvalue weighted by molar-refractivity contribution is -0.115. The largest absolute Gasteiger partial charge is 0.332 e. The van der Waals surface area contributed by atoms with E-state index in [-0.39, 0.29) is 5.91 Å². The van der Waals surface area contributed by atoms with Gasteiger partial charge in [-0.1, -0.05) is 24.3 Å². The van der Waals surface area contributed by atoms with Crippen LogP contribution in [0.15, 0.2) is 53.4 Å². The molecule has 2 aromatic carbocycles. The standard InChI is InChI=1S/C16H14N2OS2/c1-11-5-4-6-12(9-11)17-16(20)18-13-7-2-3-8-14(13)21-10-15(18)19/h2-9H,10H2,1H3,(H,17,20). The van der Waals surface area contributed by atoms with Crippen LogP contribution in [0.25, 0.3) is 0 Å². The number of rotatable bonds is 1. The Hall–Kier alpha value is -1.85. The number of amides is 1. The minimum atomic E-state index is 0.00357. The molecule has 1 N–H and O–H groups in total. The van der Waals surface area contributed by atoms with Crippen molar-refractivity contribution >= 4 is 46.4 Å². The van der Waals surface area contributed by atoms with Gasteiger partial charge < -0.3 is 5.32 Å². The van der Waals surface area contributed by atoms with Gasteiger partial charge in [-0.05, 0) is 49.0 Å². The molecule has 1 aliphatic rings. The van der Waals surface area contributed by atoms with Crippen LogP contribution in [0, 0.1) is 6.92 Å². The van der Waals surface area contributed by atoms with Crippen molar-refractivity contribution in [3.8, 4) is 0 Å². The number of carbonyl (C=O) groups is 1. The van der Waals surface area contributed by atoms with Gasteiger partial charge in [0.1, 0.15) is 0 Å². The van der Waals surface area contributed by atoms with Crippen LogP contribution in [0.4, 0.5) is 11.4 Å². The summed E-state index contributed by atoms with van der Waals surface area (Å²) in [5.74, 6) is 0.413. The van der Waals surface area contributed by atoms with E-state index in [1.165, 1.54) is 0 Å². The molecule has 1 heterocycles. The lowest BCUT2D eigenvalue weighted by atomic mass is 10.2. The number of hydrogen-bond acceptors (Lipinski definition) is 3. The molecule has 0 saturated carbocycles. The zero-order valence-corrected chi connectivity index (χ0v) is 13.1. The maximum atomic E-state index is 12.2. The fourth-order valence-electron chi connectivity index (χ4n) is 2.23. The number of fused-ring (bicyclic) bond motifs is 1. The highest BCUT2D eigenvalue weighted by Gasteiger charge is 2.27. The van der Waals surface area contributed by atoms with Crippen molar-refractivity contribution in [2.45, 2.75) is 11.8 Å². The van der Waals surface area contributed by atoms with Crippen LogP contribution >= 0.6 is 24.0 Å². The predicted molar refractivity (Wildman–Crippen MR) is 92.1 cm³/mol. The number of thioether (sulfide) groups is 1. The van der Waals surface area contributed by atoms with Gasteiger partial charge >= 0.3 is 0 Å². The van der Waals surface area contributed by atoms with Crippen LogP contribution in [-0.2, 0) is 4.79 Å². The van der Waals surface area contributed by atoms with E-state index in [4.69, 9.17) is 12.2 Å². The number of carbonyl (C=O) groups excluding carboxylic acids is 1. The Labute approximate surface area is 133 Å². The Morgan fingerprint density at radius 3 is 2.86 bits per heavy atom. The first-order valence-corrected chi connectivity index (χ1v) is 7.97. The number of para-hydroxylation sites is 1. The molecule has 0 spiro atoms. The van der Waals surface area contributed by atoms with Crippen molar-refractivity contribution < 1.29 is 4.79 Å². The number of aryl methyl sites for hydroxylation is 1. The van der Waals surface area contributed by atoms with Crippen molar-refractivity contribution in [1.29, 1.82) is 0 Å². The van der Waals surface area contributed by atoms with E-state index < -0.39 is 0 Å². The zero-order chi connectivity index (χ0) is 14.8. The third-order valence-corrected chi connectivity index (χ3v) is 4.51. The van der Waals surface area contributed by atoms with E-state index in [0.29, 0.717) is 10.9 Å². The summed E-state index contributed by atoms with van der Waals surface area (Å²) < 4.78 is 0. The van der Waals surface area contributed by atoms with E-state index >= 15 is 0 Å². The fraction of sp³-hybridized carbons (Fsp3) is 0.125. The molecule has 2 aromatic rings. The molecule has 0 fully saturated rings. The third-order valence-electron chi connectivity index (χ3n) is 3.18. The molecule has 106 valence electrons. The molecule has 3 rings (SSSR count). The van der Waals surface area contributed by atoms with Crippen LogP contribution in [0.2, 0.25) is 0 Å². The fourth-order valence-corrected chi connectivity index (χ4v) is 3.44. The normalized spacial score (nSPS) is 13.8. The first-order chi connectivity index (χ1) is 10.1. The number of nitrogens with one attached hydrogen (secondary N) is 1. The van der Waals surface area contributed by atoms with E-state index in [2.05, 4.69) is 5.32 Å². The SMILES string of the molecule is Cc1cccc(NC(=S)N2C(=O)CSc3ccccc32)c1. The minimum Gasteiger partial charge on any atom is -0.332 e. The molecule has 0 radical (unpaired) electrons. The summed E-state index contributed by atoms with van der Waals surface area (Å²) in [5, 5.41) is 3.57. The number of anilines is 2. The third kappa shape index (κ3) is 2.94. The van der Waals surface area contributed by atoms with Gasteiger partial charge in [-0.25, -0.2) is 0 Å². The quantitative estimate of drug-likeness (QED) is 0.811. The monoisotopic (exact) mass is 314 g/mol. The van der Waals surface area contributed by atoms with Gasteiger partial charge in [0.15, 0.2) is 5.11 Å².